The molecule has 1 aliphatic rings. The second kappa shape index (κ2) is 9.53. The summed E-state index contributed by atoms with van der Waals surface area (Å²) in [4.78, 5) is 10.9. The minimum Gasteiger partial charge on any atom is -0.456 e. The predicted molar refractivity (Wildman–Crippen MR) is 199 cm³/mol. The van der Waals surface area contributed by atoms with E-state index in [9.17, 15) is 0 Å². The Hall–Kier alpha value is -6.46. The average Bonchev–Trinajstić information content (AvgIpc) is 3.69. The quantitative estimate of drug-likeness (QED) is 0.197. The van der Waals surface area contributed by atoms with Crippen LogP contribution in [0.25, 0.3) is 98.5 Å². The molecule has 11 rings (SSSR count). The summed E-state index contributed by atoms with van der Waals surface area (Å²) in [5.41, 5.74) is 6.84. The summed E-state index contributed by atoms with van der Waals surface area (Å²) >= 11 is 0. The third kappa shape index (κ3) is 3.45. The van der Waals surface area contributed by atoms with Crippen molar-refractivity contribution < 1.29 is 4.42 Å². The number of dihydropyridines is 1. The Labute approximate surface area is 274 Å². The third-order valence-corrected chi connectivity index (χ3v) is 9.98. The monoisotopic (exact) mass is 614 g/mol. The molecule has 10 aromatic rings. The first kappa shape index (κ1) is 25.7. The molecule has 3 aromatic heterocycles. The van der Waals surface area contributed by atoms with Crippen molar-refractivity contribution in [3.05, 3.63) is 145 Å². The van der Waals surface area contributed by atoms with Crippen LogP contribution in [-0.2, 0) is 0 Å². The van der Waals surface area contributed by atoms with Gasteiger partial charge in [-0.2, -0.15) is 0 Å². The molecule has 0 atom stereocenters. The smallest absolute Gasteiger partial charge is 0.235 e. The number of hydrogen-bond donors (Lipinski definition) is 1. The van der Waals surface area contributed by atoms with Gasteiger partial charge in [0.1, 0.15) is 11.2 Å². The number of benzene rings is 7. The van der Waals surface area contributed by atoms with Crippen LogP contribution in [-0.4, -0.2) is 21.1 Å². The lowest BCUT2D eigenvalue weighted by molar-refractivity contribution is 0.669. The maximum atomic E-state index is 6.27. The molecular weight excluding hydrogens is 589 g/mol. The Bertz CT molecular complexity index is 3070. The predicted octanol–water partition coefficient (Wildman–Crippen LogP) is 10.6. The molecule has 5 heteroatoms. The highest BCUT2D eigenvalue weighted by Gasteiger charge is 2.22. The van der Waals surface area contributed by atoms with Gasteiger partial charge in [-0.25, -0.2) is 9.97 Å². The van der Waals surface area contributed by atoms with E-state index < -0.39 is 0 Å². The lowest BCUT2D eigenvalue weighted by Gasteiger charge is -2.17. The summed E-state index contributed by atoms with van der Waals surface area (Å²) in [5, 5.41) is 16.0. The molecule has 224 valence electrons. The van der Waals surface area contributed by atoms with Crippen molar-refractivity contribution >= 4 is 92.5 Å². The van der Waals surface area contributed by atoms with Crippen molar-refractivity contribution in [3.63, 3.8) is 0 Å². The Morgan fingerprint density at radius 3 is 2.12 bits per heavy atom. The molecule has 0 fully saturated rings. The lowest BCUT2D eigenvalue weighted by Crippen LogP contribution is -2.11. The van der Waals surface area contributed by atoms with Gasteiger partial charge in [0.2, 0.25) is 5.95 Å². The zero-order valence-corrected chi connectivity index (χ0v) is 25.7. The highest BCUT2D eigenvalue weighted by molar-refractivity contribution is 6.27. The molecule has 0 saturated carbocycles. The van der Waals surface area contributed by atoms with Crippen molar-refractivity contribution in [1.82, 2.24) is 19.9 Å². The van der Waals surface area contributed by atoms with Crippen LogP contribution in [0.5, 0.6) is 0 Å². The van der Waals surface area contributed by atoms with E-state index in [0.717, 1.165) is 88.6 Å². The maximum Gasteiger partial charge on any atom is 0.235 e. The number of aromatic nitrogens is 3. The van der Waals surface area contributed by atoms with Crippen LogP contribution in [0, 0.1) is 0 Å². The van der Waals surface area contributed by atoms with Crippen molar-refractivity contribution in [2.45, 2.75) is 0 Å². The van der Waals surface area contributed by atoms with E-state index in [1.165, 1.54) is 16.2 Å². The minimum atomic E-state index is 0.651. The van der Waals surface area contributed by atoms with Gasteiger partial charge in [0.15, 0.2) is 0 Å². The van der Waals surface area contributed by atoms with Gasteiger partial charge >= 0.3 is 0 Å². The molecule has 5 nitrogen and oxygen atoms in total. The van der Waals surface area contributed by atoms with Crippen LogP contribution in [0.2, 0.25) is 0 Å². The summed E-state index contributed by atoms with van der Waals surface area (Å²) in [6.07, 6.45) is 6.40. The first-order chi connectivity index (χ1) is 23.8. The zero-order chi connectivity index (χ0) is 31.3. The maximum absolute atomic E-state index is 6.27. The molecule has 0 aliphatic carbocycles. The lowest BCUT2D eigenvalue weighted by atomic mass is 9.94. The van der Waals surface area contributed by atoms with Gasteiger partial charge in [0, 0.05) is 50.6 Å². The number of nitrogens with one attached hydrogen (secondary N) is 1. The van der Waals surface area contributed by atoms with Crippen LogP contribution in [0.4, 0.5) is 0 Å². The molecule has 0 spiro atoms. The van der Waals surface area contributed by atoms with Crippen molar-refractivity contribution in [2.75, 3.05) is 6.54 Å². The largest absolute Gasteiger partial charge is 0.456 e. The molecule has 1 N–H and O–H groups in total. The second-order valence-corrected chi connectivity index (χ2v) is 12.6. The van der Waals surface area contributed by atoms with Gasteiger partial charge in [-0.3, -0.25) is 4.57 Å². The third-order valence-electron chi connectivity index (χ3n) is 9.98. The van der Waals surface area contributed by atoms with Gasteiger partial charge in [0.05, 0.1) is 22.2 Å². The molecule has 0 amide bonds. The molecule has 48 heavy (non-hydrogen) atoms. The summed E-state index contributed by atoms with van der Waals surface area (Å²) in [6.45, 7) is 0.794. The van der Waals surface area contributed by atoms with E-state index in [4.69, 9.17) is 14.4 Å². The Morgan fingerprint density at radius 1 is 0.562 bits per heavy atom. The van der Waals surface area contributed by atoms with Gasteiger partial charge in [-0.05, 0) is 57.3 Å². The molecule has 0 bridgehead atoms. The SMILES string of the molecule is C1=CC(c2nc(-n3c4ccccc4c4cc5c(ccc6oc7ccccc7c65)cc43)nc3c4ccccc4c4ccccc4c23)=CNC1. The number of allylic oxidation sites excluding steroid dienone is 2. The highest BCUT2D eigenvalue weighted by atomic mass is 16.3. The van der Waals surface area contributed by atoms with Gasteiger partial charge in [-0.15, -0.1) is 0 Å². The summed E-state index contributed by atoms with van der Waals surface area (Å²) in [6, 6.07) is 43.0. The minimum absolute atomic E-state index is 0.651. The van der Waals surface area contributed by atoms with Crippen LogP contribution in [0.3, 0.4) is 0 Å². The van der Waals surface area contributed by atoms with E-state index in [-0.39, 0.29) is 0 Å². The summed E-state index contributed by atoms with van der Waals surface area (Å²) in [5.74, 6) is 0.651. The fourth-order valence-corrected chi connectivity index (χ4v) is 7.91. The number of fused-ring (bicyclic) bond motifs is 14. The van der Waals surface area contributed by atoms with Crippen molar-refractivity contribution in [2.24, 2.45) is 0 Å². The summed E-state index contributed by atoms with van der Waals surface area (Å²) < 4.78 is 8.52. The van der Waals surface area contributed by atoms with Crippen LogP contribution < -0.4 is 5.32 Å². The Morgan fingerprint density at radius 2 is 1.29 bits per heavy atom. The molecule has 0 radical (unpaired) electrons. The Balaban J connectivity index is 1.31. The summed E-state index contributed by atoms with van der Waals surface area (Å²) in [7, 11) is 0. The van der Waals surface area contributed by atoms with Crippen molar-refractivity contribution in [1.29, 1.82) is 0 Å². The van der Waals surface area contributed by atoms with Gasteiger partial charge in [-0.1, -0.05) is 103 Å². The van der Waals surface area contributed by atoms with E-state index in [1.807, 2.05) is 12.1 Å². The molecule has 0 unspecified atom stereocenters. The standard InChI is InChI=1S/C43H26N4O/c1-3-14-30-27(11-1)28-12-2-4-15-31(28)42-40(30)41(26-10-9-21-44-24-26)45-43(46-42)47-35-17-7-5-13-29(35)34-23-33-25(22-36(34)47)19-20-38-39(33)32-16-6-8-18-37(32)48-38/h1-20,22-24,44H,21H2. The first-order valence-corrected chi connectivity index (χ1v) is 16.3. The highest BCUT2D eigenvalue weighted by Crippen LogP contribution is 2.42. The average molecular weight is 615 g/mol. The Kier molecular flexibility index (Phi) is 5.10. The number of nitrogens with zero attached hydrogens (tertiary/aromatic N) is 3. The van der Waals surface area contributed by atoms with E-state index >= 15 is 0 Å². The molecule has 0 saturated heterocycles. The van der Waals surface area contributed by atoms with E-state index in [2.05, 4.69) is 137 Å². The van der Waals surface area contributed by atoms with Crippen LogP contribution in [0.1, 0.15) is 5.69 Å². The number of furan rings is 1. The van der Waals surface area contributed by atoms with Crippen LogP contribution in [0.15, 0.2) is 144 Å². The second-order valence-electron chi connectivity index (χ2n) is 12.6. The van der Waals surface area contributed by atoms with Gasteiger partial charge in [0.25, 0.3) is 0 Å². The molecular formula is C43H26N4O. The van der Waals surface area contributed by atoms with Crippen molar-refractivity contribution in [3.8, 4) is 5.95 Å². The molecule has 7 aromatic carbocycles. The number of rotatable bonds is 2. The number of hydrogen-bond acceptors (Lipinski definition) is 4. The zero-order valence-electron chi connectivity index (χ0n) is 25.7. The molecule has 4 heterocycles. The van der Waals surface area contributed by atoms with Gasteiger partial charge < -0.3 is 9.73 Å². The van der Waals surface area contributed by atoms with E-state index in [0.29, 0.717) is 5.95 Å². The normalized spacial score (nSPS) is 13.5. The fraction of sp³-hybridized carbons (Fsp3) is 0.0233. The first-order valence-electron chi connectivity index (χ1n) is 16.3. The number of para-hydroxylation sites is 2. The van der Waals surface area contributed by atoms with E-state index in [1.54, 1.807) is 0 Å². The topological polar surface area (TPSA) is 55.9 Å². The molecule has 1 aliphatic heterocycles. The van der Waals surface area contributed by atoms with Crippen LogP contribution >= 0.6 is 0 Å². The fourth-order valence-electron chi connectivity index (χ4n) is 7.91.